The van der Waals surface area contributed by atoms with Crippen molar-refractivity contribution in [2.45, 2.75) is 69.4 Å². The summed E-state index contributed by atoms with van der Waals surface area (Å²) in [5.41, 5.74) is 2.25. The number of hydrogen-bond donors (Lipinski definition) is 2. The molecule has 12 heteroatoms. The van der Waals surface area contributed by atoms with Gasteiger partial charge in [-0.05, 0) is 79.3 Å². The maximum atomic E-state index is 13.4. The minimum Gasteiger partial charge on any atom is -0.490 e. The zero-order valence-electron chi connectivity index (χ0n) is 20.2. The van der Waals surface area contributed by atoms with Gasteiger partial charge in [0.1, 0.15) is 5.75 Å². The second-order valence-corrected chi connectivity index (χ2v) is 9.20. The molecule has 5 rings (SSSR count). The molecule has 2 heterocycles. The van der Waals surface area contributed by atoms with E-state index in [1.54, 1.807) is 18.2 Å². The summed E-state index contributed by atoms with van der Waals surface area (Å²) in [6.07, 6.45) is 1.75. The van der Waals surface area contributed by atoms with Crippen molar-refractivity contribution < 1.29 is 17.9 Å². The molecule has 7 nitrogen and oxygen atoms in total. The molecule has 0 bridgehead atoms. The smallest absolute Gasteiger partial charge is 0.453 e. The summed E-state index contributed by atoms with van der Waals surface area (Å²) in [7, 11) is 0. The molecule has 1 aliphatic carbocycles. The molecule has 2 aliphatic rings. The molecular formula is C25H31Cl2F3N6O. The largest absolute Gasteiger partial charge is 0.490 e. The Kier molecular flexibility index (Phi) is 10.2. The van der Waals surface area contributed by atoms with Crippen molar-refractivity contribution in [2.24, 2.45) is 0 Å². The van der Waals surface area contributed by atoms with Gasteiger partial charge in [0.2, 0.25) is 0 Å². The van der Waals surface area contributed by atoms with Crippen molar-refractivity contribution in [1.82, 2.24) is 30.8 Å². The van der Waals surface area contributed by atoms with Crippen molar-refractivity contribution in [3.63, 3.8) is 0 Å². The van der Waals surface area contributed by atoms with Gasteiger partial charge in [-0.2, -0.15) is 17.9 Å². The molecule has 1 saturated carbocycles. The Balaban J connectivity index is 0.00000190. The minimum absolute atomic E-state index is 0. The highest BCUT2D eigenvalue weighted by Crippen LogP contribution is 2.32. The Morgan fingerprint density at radius 3 is 2.49 bits per heavy atom. The van der Waals surface area contributed by atoms with Crippen LogP contribution in [-0.2, 0) is 12.7 Å². The standard InChI is InChI=1S/C25H29F3N6O.2ClH/c26-25(27,28)24-31-32-33-34(24)19-12-13-22(35-20-9-4-5-10-20)18(15-19)16-30-21-11-6-14-29-23(21)17-7-2-1-3-8-17;;/h1-3,7-8,12-13,15,20-21,23,29-30H,4-6,9-11,14,16H2;2*1H/t21-,23-;;/m0../s1. The molecular weight excluding hydrogens is 528 g/mol. The first-order valence-electron chi connectivity index (χ1n) is 12.2. The zero-order valence-corrected chi connectivity index (χ0v) is 21.8. The van der Waals surface area contributed by atoms with E-state index in [9.17, 15) is 13.2 Å². The van der Waals surface area contributed by atoms with Gasteiger partial charge in [0.15, 0.2) is 0 Å². The molecule has 0 unspecified atom stereocenters. The highest BCUT2D eigenvalue weighted by Gasteiger charge is 2.38. The average Bonchev–Trinajstić information content (AvgIpc) is 3.57. The molecule has 37 heavy (non-hydrogen) atoms. The highest BCUT2D eigenvalue weighted by atomic mass is 35.5. The van der Waals surface area contributed by atoms with Crippen LogP contribution in [0.2, 0.25) is 0 Å². The summed E-state index contributed by atoms with van der Waals surface area (Å²) in [4.78, 5) is 0. The molecule has 0 spiro atoms. The van der Waals surface area contributed by atoms with Crippen LogP contribution in [0.1, 0.15) is 61.5 Å². The molecule has 202 valence electrons. The molecule has 1 aliphatic heterocycles. The molecule has 0 radical (unpaired) electrons. The Labute approximate surface area is 226 Å². The number of tetrazole rings is 1. The number of alkyl halides is 3. The van der Waals surface area contributed by atoms with Crippen LogP contribution in [0.4, 0.5) is 13.2 Å². The minimum atomic E-state index is -4.66. The number of hydrogen-bond acceptors (Lipinski definition) is 6. The zero-order chi connectivity index (χ0) is 24.3. The predicted molar refractivity (Wildman–Crippen MR) is 139 cm³/mol. The molecule has 2 fully saturated rings. The summed E-state index contributed by atoms with van der Waals surface area (Å²) in [5.74, 6) is -0.462. The van der Waals surface area contributed by atoms with E-state index in [2.05, 4.69) is 38.3 Å². The molecule has 0 amide bonds. The van der Waals surface area contributed by atoms with Crippen molar-refractivity contribution in [3.05, 3.63) is 65.5 Å². The average molecular weight is 559 g/mol. The van der Waals surface area contributed by atoms with E-state index in [-0.39, 0.29) is 48.7 Å². The third kappa shape index (κ3) is 6.93. The summed E-state index contributed by atoms with van der Waals surface area (Å²) >= 11 is 0. The molecule has 2 aromatic carbocycles. The quantitative estimate of drug-likeness (QED) is 0.402. The highest BCUT2D eigenvalue weighted by molar-refractivity contribution is 5.85. The van der Waals surface area contributed by atoms with Crippen molar-refractivity contribution in [1.29, 1.82) is 0 Å². The fraction of sp³-hybridized carbons (Fsp3) is 0.480. The third-order valence-corrected chi connectivity index (χ3v) is 6.78. The molecule has 2 N–H and O–H groups in total. The second kappa shape index (κ2) is 12.9. The fourth-order valence-corrected chi connectivity index (χ4v) is 5.03. The Morgan fingerprint density at radius 2 is 1.76 bits per heavy atom. The summed E-state index contributed by atoms with van der Waals surface area (Å²) in [5, 5.41) is 17.3. The monoisotopic (exact) mass is 558 g/mol. The van der Waals surface area contributed by atoms with Gasteiger partial charge >= 0.3 is 6.18 Å². The van der Waals surface area contributed by atoms with E-state index < -0.39 is 12.0 Å². The number of nitrogens with zero attached hydrogens (tertiary/aromatic N) is 4. The summed E-state index contributed by atoms with van der Waals surface area (Å²) in [6.45, 7) is 1.40. The van der Waals surface area contributed by atoms with Crippen LogP contribution >= 0.6 is 24.8 Å². The topological polar surface area (TPSA) is 76.9 Å². The number of rotatable bonds is 7. The summed E-state index contributed by atoms with van der Waals surface area (Å²) in [6, 6.07) is 15.6. The number of nitrogens with one attached hydrogen (secondary N) is 2. The maximum absolute atomic E-state index is 13.4. The number of ether oxygens (including phenoxy) is 1. The van der Waals surface area contributed by atoms with Crippen molar-refractivity contribution in [2.75, 3.05) is 6.54 Å². The molecule has 1 saturated heterocycles. The summed E-state index contributed by atoms with van der Waals surface area (Å²) < 4.78 is 47.2. The van der Waals surface area contributed by atoms with E-state index in [0.717, 1.165) is 55.3 Å². The van der Waals surface area contributed by atoms with Crippen molar-refractivity contribution in [3.8, 4) is 11.4 Å². The number of benzene rings is 2. The molecule has 1 aromatic heterocycles. The Bertz CT molecular complexity index is 1130. The van der Waals surface area contributed by atoms with E-state index in [1.807, 2.05) is 18.2 Å². The van der Waals surface area contributed by atoms with Crippen LogP contribution in [0.3, 0.4) is 0 Å². The molecule has 3 aromatic rings. The third-order valence-electron chi connectivity index (χ3n) is 6.78. The SMILES string of the molecule is Cl.Cl.FC(F)(F)c1nnnn1-c1ccc(OC2CCCC2)c(CN[C@H]2CCCN[C@H]2c2ccccc2)c1. The number of aromatic nitrogens is 4. The lowest BCUT2D eigenvalue weighted by molar-refractivity contribution is -0.146. The van der Waals surface area contributed by atoms with Crippen LogP contribution in [0.5, 0.6) is 5.75 Å². The van der Waals surface area contributed by atoms with Gasteiger partial charge in [0.25, 0.3) is 5.82 Å². The second-order valence-electron chi connectivity index (χ2n) is 9.20. The van der Waals surface area contributed by atoms with Gasteiger partial charge in [-0.1, -0.05) is 30.3 Å². The fourth-order valence-electron chi connectivity index (χ4n) is 5.03. The van der Waals surface area contributed by atoms with Gasteiger partial charge in [0, 0.05) is 24.2 Å². The predicted octanol–water partition coefficient (Wildman–Crippen LogP) is 5.43. The number of piperidine rings is 1. The van der Waals surface area contributed by atoms with Gasteiger partial charge in [-0.25, -0.2) is 0 Å². The van der Waals surface area contributed by atoms with E-state index >= 15 is 0 Å². The lowest BCUT2D eigenvalue weighted by atomic mass is 9.92. The van der Waals surface area contributed by atoms with Gasteiger partial charge < -0.3 is 15.4 Å². The maximum Gasteiger partial charge on any atom is 0.453 e. The lowest BCUT2D eigenvalue weighted by Gasteiger charge is -2.34. The van der Waals surface area contributed by atoms with Crippen LogP contribution in [0.25, 0.3) is 5.69 Å². The van der Waals surface area contributed by atoms with Crippen LogP contribution in [0, 0.1) is 0 Å². The van der Waals surface area contributed by atoms with E-state index in [0.29, 0.717) is 12.3 Å². The Morgan fingerprint density at radius 1 is 1.00 bits per heavy atom. The van der Waals surface area contributed by atoms with E-state index in [1.165, 1.54) is 5.56 Å². The van der Waals surface area contributed by atoms with E-state index in [4.69, 9.17) is 4.74 Å². The van der Waals surface area contributed by atoms with Crippen LogP contribution in [-0.4, -0.2) is 38.9 Å². The first-order chi connectivity index (χ1) is 17.0. The van der Waals surface area contributed by atoms with Gasteiger partial charge in [-0.15, -0.1) is 29.9 Å². The van der Waals surface area contributed by atoms with Crippen LogP contribution in [0.15, 0.2) is 48.5 Å². The lowest BCUT2D eigenvalue weighted by Crippen LogP contribution is -2.45. The Hall–Kier alpha value is -2.40. The van der Waals surface area contributed by atoms with Gasteiger partial charge in [-0.3, -0.25) is 0 Å². The van der Waals surface area contributed by atoms with Crippen LogP contribution < -0.4 is 15.4 Å². The van der Waals surface area contributed by atoms with Crippen molar-refractivity contribution >= 4 is 24.8 Å². The number of halogens is 5. The van der Waals surface area contributed by atoms with Gasteiger partial charge in [0.05, 0.1) is 11.8 Å². The normalized spacial score (nSPS) is 20.2. The first-order valence-corrected chi connectivity index (χ1v) is 12.2. The first kappa shape index (κ1) is 29.2. The molecule has 2 atom stereocenters.